The monoisotopic (exact) mass is 701 g/mol. The molecule has 3 aliphatic rings. The van der Waals surface area contributed by atoms with Crippen molar-refractivity contribution in [2.45, 2.75) is 76.7 Å². The number of ether oxygens (including phenoxy) is 2. The summed E-state index contributed by atoms with van der Waals surface area (Å²) in [5.74, 6) is -0.739. The minimum atomic E-state index is -0.952. The normalized spacial score (nSPS) is 22.4. The van der Waals surface area contributed by atoms with Gasteiger partial charge in [0.25, 0.3) is 0 Å². The van der Waals surface area contributed by atoms with Crippen molar-refractivity contribution in [2.75, 3.05) is 50.8 Å². The van der Waals surface area contributed by atoms with Gasteiger partial charge in [-0.25, -0.2) is 24.5 Å². The van der Waals surface area contributed by atoms with Gasteiger partial charge in [-0.3, -0.25) is 14.8 Å². The van der Waals surface area contributed by atoms with Crippen molar-refractivity contribution in [1.82, 2.24) is 24.8 Å². The second-order valence-corrected chi connectivity index (χ2v) is 14.8. The molecule has 0 unspecified atom stereocenters. The number of pyridine rings is 1. The second kappa shape index (κ2) is 13.5. The number of piperazine rings is 1. The molecule has 0 spiro atoms. The summed E-state index contributed by atoms with van der Waals surface area (Å²) >= 11 is 0. The number of fused-ring (bicyclic) bond motifs is 3. The van der Waals surface area contributed by atoms with Crippen LogP contribution < -0.4 is 9.64 Å². The molecule has 10 nitrogen and oxygen atoms in total. The quantitative estimate of drug-likeness (QED) is 0.191. The van der Waals surface area contributed by atoms with E-state index in [-0.39, 0.29) is 49.3 Å². The van der Waals surface area contributed by atoms with E-state index in [0.717, 1.165) is 24.8 Å². The summed E-state index contributed by atoms with van der Waals surface area (Å²) in [5.41, 5.74) is -0.303. The van der Waals surface area contributed by atoms with Crippen LogP contribution in [0, 0.1) is 18.2 Å². The van der Waals surface area contributed by atoms with Crippen LogP contribution in [0.2, 0.25) is 0 Å². The molecular weight excluding hydrogens is 659 g/mol. The van der Waals surface area contributed by atoms with Crippen molar-refractivity contribution >= 4 is 33.6 Å². The highest BCUT2D eigenvalue weighted by Crippen LogP contribution is 2.41. The van der Waals surface area contributed by atoms with Gasteiger partial charge in [-0.2, -0.15) is 9.97 Å². The van der Waals surface area contributed by atoms with Crippen molar-refractivity contribution in [3.63, 3.8) is 0 Å². The van der Waals surface area contributed by atoms with E-state index in [1.165, 1.54) is 12.3 Å². The van der Waals surface area contributed by atoms with Crippen molar-refractivity contribution in [3.8, 4) is 17.3 Å². The number of aryl methyl sites for hydroxylation is 1. The fourth-order valence-corrected chi connectivity index (χ4v) is 8.00. The zero-order valence-electron chi connectivity index (χ0n) is 29.4. The Balaban J connectivity index is 1.32. The number of amides is 1. The largest absolute Gasteiger partial charge is 0.461 e. The highest BCUT2D eigenvalue weighted by atomic mass is 19.1. The van der Waals surface area contributed by atoms with Crippen LogP contribution in [0.4, 0.5) is 23.8 Å². The van der Waals surface area contributed by atoms with E-state index in [1.54, 1.807) is 43.9 Å². The first-order valence-corrected chi connectivity index (χ1v) is 17.6. The fourth-order valence-electron chi connectivity index (χ4n) is 8.00. The van der Waals surface area contributed by atoms with Crippen LogP contribution in [0.3, 0.4) is 0 Å². The SMILES string of the molecule is [C-]#[N+]C[C@H]1CN(c2nc(OC[C@@]34CCCN3C[C@H](F)C4)nc3c(F)c(-c4cccc5ccc(F)c(CC)c45)ncc23)CCN1C(=O)OC(C)(C)C. The zero-order chi connectivity index (χ0) is 36.1. The summed E-state index contributed by atoms with van der Waals surface area (Å²) in [6.07, 6.45) is 2.51. The lowest BCUT2D eigenvalue weighted by Gasteiger charge is -2.40. The molecule has 1 amide bonds. The van der Waals surface area contributed by atoms with Gasteiger partial charge >= 0.3 is 12.1 Å². The Labute approximate surface area is 295 Å². The summed E-state index contributed by atoms with van der Waals surface area (Å²) in [6, 6.07) is 7.87. The predicted molar refractivity (Wildman–Crippen MR) is 189 cm³/mol. The molecule has 3 fully saturated rings. The van der Waals surface area contributed by atoms with Crippen LogP contribution in [0.15, 0.2) is 36.5 Å². The summed E-state index contributed by atoms with van der Waals surface area (Å²) in [4.78, 5) is 36.3. The number of carbonyl (C=O) groups is 1. The lowest BCUT2D eigenvalue weighted by atomic mass is 9.95. The molecule has 0 saturated carbocycles. The van der Waals surface area contributed by atoms with E-state index < -0.39 is 35.3 Å². The van der Waals surface area contributed by atoms with Crippen LogP contribution in [-0.2, 0) is 11.2 Å². The molecule has 3 atom stereocenters. The molecule has 0 radical (unpaired) electrons. The first kappa shape index (κ1) is 34.7. The number of hydrogen-bond acceptors (Lipinski definition) is 8. The molecule has 0 bridgehead atoms. The Hall–Kier alpha value is -4.70. The molecule has 2 aromatic carbocycles. The third-order valence-electron chi connectivity index (χ3n) is 10.3. The number of aromatic nitrogens is 3. The molecule has 0 aliphatic carbocycles. The molecule has 7 rings (SSSR count). The minimum absolute atomic E-state index is 0.0150. The fraction of sp³-hybridized carbons (Fsp3) is 0.500. The molecule has 4 aromatic rings. The topological polar surface area (TPSA) is 88.3 Å². The molecule has 2 aromatic heterocycles. The third-order valence-corrected chi connectivity index (χ3v) is 10.3. The lowest BCUT2D eigenvalue weighted by molar-refractivity contribution is 0.0155. The van der Waals surface area contributed by atoms with Crippen molar-refractivity contribution < 1.29 is 27.4 Å². The Morgan fingerprint density at radius 1 is 1.12 bits per heavy atom. The predicted octanol–water partition coefficient (Wildman–Crippen LogP) is 6.99. The molecule has 5 heterocycles. The molecule has 3 aliphatic heterocycles. The van der Waals surface area contributed by atoms with E-state index in [9.17, 15) is 9.18 Å². The standard InChI is InChI=1S/C38H42F3N7O3/c1-6-26-29(40)12-11-23-9-7-10-27(30(23)26)32-31(41)33-28(19-43-32)34(45-35(44-33)50-22-38-13-8-14-47(38)20-24(39)17-38)46-15-16-48(25(21-46)18-42-5)36(49)51-37(2,3)4/h7,9-12,19,24-25H,6,8,13-18,20-22H2,1-4H3/t24-,25+,38+/m1/s1. The Morgan fingerprint density at radius 3 is 2.71 bits per heavy atom. The van der Waals surface area contributed by atoms with Gasteiger partial charge in [-0.15, -0.1) is 0 Å². The van der Waals surface area contributed by atoms with Gasteiger partial charge in [0.05, 0.1) is 10.9 Å². The number of alkyl halides is 1. The van der Waals surface area contributed by atoms with Gasteiger partial charge in [-0.1, -0.05) is 31.2 Å². The van der Waals surface area contributed by atoms with Gasteiger partial charge in [0.15, 0.2) is 5.82 Å². The number of hydrogen-bond donors (Lipinski definition) is 0. The minimum Gasteiger partial charge on any atom is -0.461 e. The van der Waals surface area contributed by atoms with Crippen LogP contribution in [0.5, 0.6) is 6.01 Å². The first-order chi connectivity index (χ1) is 24.4. The number of halogens is 3. The maximum Gasteiger partial charge on any atom is 0.410 e. The summed E-state index contributed by atoms with van der Waals surface area (Å²) < 4.78 is 58.5. The maximum absolute atomic E-state index is 17.0. The van der Waals surface area contributed by atoms with Crippen LogP contribution in [-0.4, -0.2) is 100 Å². The van der Waals surface area contributed by atoms with E-state index in [2.05, 4.69) is 19.7 Å². The van der Waals surface area contributed by atoms with Gasteiger partial charge in [0, 0.05) is 44.4 Å². The third kappa shape index (κ3) is 6.50. The zero-order valence-corrected chi connectivity index (χ0v) is 29.4. The lowest BCUT2D eigenvalue weighted by Crippen LogP contribution is -2.57. The van der Waals surface area contributed by atoms with Gasteiger partial charge < -0.3 is 19.2 Å². The van der Waals surface area contributed by atoms with Crippen LogP contribution >= 0.6 is 0 Å². The Bertz CT molecular complexity index is 2030. The van der Waals surface area contributed by atoms with E-state index >= 15 is 8.78 Å². The highest BCUT2D eigenvalue weighted by Gasteiger charge is 2.49. The van der Waals surface area contributed by atoms with E-state index in [1.807, 2.05) is 17.9 Å². The number of benzene rings is 2. The summed E-state index contributed by atoms with van der Waals surface area (Å²) in [7, 11) is 0. The van der Waals surface area contributed by atoms with Crippen molar-refractivity contribution in [1.29, 1.82) is 0 Å². The number of rotatable bonds is 7. The average molecular weight is 702 g/mol. The average Bonchev–Trinajstić information content (AvgIpc) is 3.62. The van der Waals surface area contributed by atoms with E-state index in [4.69, 9.17) is 21.0 Å². The number of carbonyl (C=O) groups excluding carboxylic acids is 1. The number of anilines is 1. The van der Waals surface area contributed by atoms with Crippen molar-refractivity contribution in [2.24, 2.45) is 0 Å². The van der Waals surface area contributed by atoms with E-state index in [0.29, 0.717) is 53.6 Å². The summed E-state index contributed by atoms with van der Waals surface area (Å²) in [5, 5.41) is 1.67. The Kier molecular flexibility index (Phi) is 9.16. The molecule has 268 valence electrons. The second-order valence-electron chi connectivity index (χ2n) is 14.8. The van der Waals surface area contributed by atoms with Gasteiger partial charge in [0.1, 0.15) is 47.3 Å². The highest BCUT2D eigenvalue weighted by molar-refractivity contribution is 6.01. The molecule has 13 heteroatoms. The van der Waals surface area contributed by atoms with Gasteiger partial charge in [-0.05, 0) is 69.0 Å². The first-order valence-electron chi connectivity index (χ1n) is 17.6. The summed E-state index contributed by atoms with van der Waals surface area (Å²) in [6.45, 7) is 16.9. The molecule has 51 heavy (non-hydrogen) atoms. The Morgan fingerprint density at radius 2 is 1.94 bits per heavy atom. The molecule has 3 saturated heterocycles. The van der Waals surface area contributed by atoms with Crippen molar-refractivity contribution in [3.05, 3.63) is 65.1 Å². The molecular formula is C38H42F3N7O3. The van der Waals surface area contributed by atoms with Crippen LogP contribution in [0.25, 0.3) is 37.8 Å². The maximum atomic E-state index is 17.0. The van der Waals surface area contributed by atoms with Crippen LogP contribution in [0.1, 0.15) is 52.5 Å². The molecule has 0 N–H and O–H groups in total. The smallest absolute Gasteiger partial charge is 0.410 e. The number of nitrogens with zero attached hydrogens (tertiary/aromatic N) is 7. The van der Waals surface area contributed by atoms with Gasteiger partial charge in [0.2, 0.25) is 6.54 Å².